The minimum Gasteiger partial charge on any atom is -0.496 e. The Kier molecular flexibility index (Phi) is 6.49. The Morgan fingerprint density at radius 3 is 2.42 bits per heavy atom. The molecule has 0 heterocycles. The lowest BCUT2D eigenvalue weighted by molar-refractivity contribution is -0.123. The van der Waals surface area contributed by atoms with Gasteiger partial charge in [-0.15, -0.1) is 0 Å². The summed E-state index contributed by atoms with van der Waals surface area (Å²) in [6.07, 6.45) is 0. The molecule has 136 valence electrons. The molecule has 6 nitrogen and oxygen atoms in total. The second kappa shape index (κ2) is 8.80. The van der Waals surface area contributed by atoms with Gasteiger partial charge < -0.3 is 15.0 Å². The number of amides is 2. The molecule has 0 aliphatic heterocycles. The lowest BCUT2D eigenvalue weighted by Crippen LogP contribution is -2.39. The van der Waals surface area contributed by atoms with Crippen LogP contribution in [-0.4, -0.2) is 31.3 Å². The van der Waals surface area contributed by atoms with Gasteiger partial charge in [0.1, 0.15) is 12.3 Å². The number of carbonyl (C=O) groups is 3. The van der Waals surface area contributed by atoms with Crippen LogP contribution < -0.4 is 15.0 Å². The van der Waals surface area contributed by atoms with Crippen LogP contribution in [0.3, 0.4) is 0 Å². The fraction of sp³-hybridized carbons (Fsp3) is 0.250. The van der Waals surface area contributed by atoms with Gasteiger partial charge >= 0.3 is 0 Å². The summed E-state index contributed by atoms with van der Waals surface area (Å²) in [4.78, 5) is 37.2. The van der Waals surface area contributed by atoms with Crippen molar-refractivity contribution in [3.8, 4) is 5.75 Å². The normalized spacial score (nSPS) is 10.1. The van der Waals surface area contributed by atoms with Crippen LogP contribution in [0.2, 0.25) is 0 Å². The summed E-state index contributed by atoms with van der Waals surface area (Å²) in [7, 11) is 1.57. The number of hydrogen-bond acceptors (Lipinski definition) is 4. The summed E-state index contributed by atoms with van der Waals surface area (Å²) in [5.41, 5.74) is 1.84. The molecule has 6 heteroatoms. The standard InChI is InChI=1S/C20H22N2O4/c1-14(23)16-8-6-9-18(11-16)22(15(2)24)13-20(25)21-12-17-7-4-5-10-19(17)26-3/h4-11H,12-13H2,1-3H3,(H,21,25). The van der Waals surface area contributed by atoms with E-state index in [0.717, 1.165) is 5.56 Å². The Morgan fingerprint density at radius 1 is 1.04 bits per heavy atom. The third kappa shape index (κ3) is 4.92. The van der Waals surface area contributed by atoms with Gasteiger partial charge in [0.15, 0.2) is 5.78 Å². The number of carbonyl (C=O) groups excluding carboxylic acids is 3. The Balaban J connectivity index is 2.08. The molecule has 26 heavy (non-hydrogen) atoms. The number of methoxy groups -OCH3 is 1. The molecule has 0 spiro atoms. The van der Waals surface area contributed by atoms with Crippen molar-refractivity contribution in [3.05, 3.63) is 59.7 Å². The van der Waals surface area contributed by atoms with Crippen molar-refractivity contribution in [3.63, 3.8) is 0 Å². The largest absolute Gasteiger partial charge is 0.496 e. The van der Waals surface area contributed by atoms with E-state index in [1.807, 2.05) is 24.3 Å². The number of Topliss-reactive ketones (excluding diaryl/α,β-unsaturated/α-hetero) is 1. The maximum Gasteiger partial charge on any atom is 0.240 e. The monoisotopic (exact) mass is 354 g/mol. The minimum absolute atomic E-state index is 0.101. The van der Waals surface area contributed by atoms with E-state index in [4.69, 9.17) is 4.74 Å². The Bertz CT molecular complexity index is 817. The highest BCUT2D eigenvalue weighted by atomic mass is 16.5. The van der Waals surface area contributed by atoms with Gasteiger partial charge in [-0.05, 0) is 25.1 Å². The van der Waals surface area contributed by atoms with E-state index in [0.29, 0.717) is 23.5 Å². The number of ether oxygens (including phenoxy) is 1. The van der Waals surface area contributed by atoms with Crippen molar-refractivity contribution in [2.45, 2.75) is 20.4 Å². The summed E-state index contributed by atoms with van der Waals surface area (Å²) in [6, 6.07) is 14.1. The van der Waals surface area contributed by atoms with Crippen LogP contribution in [0.5, 0.6) is 5.75 Å². The highest BCUT2D eigenvalue weighted by molar-refractivity contribution is 6.00. The van der Waals surface area contributed by atoms with E-state index >= 15 is 0 Å². The van der Waals surface area contributed by atoms with Crippen LogP contribution in [0.4, 0.5) is 5.69 Å². The maximum atomic E-state index is 12.3. The van der Waals surface area contributed by atoms with E-state index in [1.165, 1.54) is 18.7 Å². The Morgan fingerprint density at radius 2 is 1.77 bits per heavy atom. The number of rotatable bonds is 7. The van der Waals surface area contributed by atoms with E-state index in [1.54, 1.807) is 31.4 Å². The van der Waals surface area contributed by atoms with Gasteiger partial charge in [0.05, 0.1) is 7.11 Å². The molecule has 2 amide bonds. The smallest absolute Gasteiger partial charge is 0.240 e. The van der Waals surface area contributed by atoms with Gasteiger partial charge in [-0.1, -0.05) is 30.3 Å². The molecule has 2 rings (SSSR count). The minimum atomic E-state index is -0.306. The number of benzene rings is 2. The summed E-state index contributed by atoms with van der Waals surface area (Å²) >= 11 is 0. The summed E-state index contributed by atoms with van der Waals surface area (Å²) in [5.74, 6) is -0.00108. The molecule has 0 aliphatic carbocycles. The van der Waals surface area contributed by atoms with Crippen molar-refractivity contribution in [1.82, 2.24) is 5.32 Å². The van der Waals surface area contributed by atoms with Gasteiger partial charge in [-0.2, -0.15) is 0 Å². The number of ketones is 1. The SMILES string of the molecule is COc1ccccc1CNC(=O)CN(C(C)=O)c1cccc(C(C)=O)c1. The molecule has 0 fully saturated rings. The highest BCUT2D eigenvalue weighted by Crippen LogP contribution is 2.18. The average Bonchev–Trinajstić information content (AvgIpc) is 2.64. The van der Waals surface area contributed by atoms with Crippen molar-refractivity contribution in [2.75, 3.05) is 18.6 Å². The molecule has 0 unspecified atom stereocenters. The molecule has 0 atom stereocenters. The third-order valence-corrected chi connectivity index (χ3v) is 3.91. The van der Waals surface area contributed by atoms with Gasteiger partial charge in [0, 0.05) is 30.3 Å². The highest BCUT2D eigenvalue weighted by Gasteiger charge is 2.17. The van der Waals surface area contributed by atoms with Gasteiger partial charge in [-0.25, -0.2) is 0 Å². The van der Waals surface area contributed by atoms with E-state index < -0.39 is 0 Å². The number of anilines is 1. The summed E-state index contributed by atoms with van der Waals surface area (Å²) in [5, 5.41) is 2.79. The number of nitrogens with zero attached hydrogens (tertiary/aromatic N) is 1. The zero-order chi connectivity index (χ0) is 19.1. The molecule has 0 bridgehead atoms. The lowest BCUT2D eigenvalue weighted by Gasteiger charge is -2.21. The lowest BCUT2D eigenvalue weighted by atomic mass is 10.1. The number of hydrogen-bond donors (Lipinski definition) is 1. The first-order valence-electron chi connectivity index (χ1n) is 8.20. The van der Waals surface area contributed by atoms with Gasteiger partial charge in [0.25, 0.3) is 0 Å². The van der Waals surface area contributed by atoms with Crippen molar-refractivity contribution < 1.29 is 19.1 Å². The van der Waals surface area contributed by atoms with Crippen LogP contribution in [0.1, 0.15) is 29.8 Å². The average molecular weight is 354 g/mol. The first-order valence-corrected chi connectivity index (χ1v) is 8.20. The quantitative estimate of drug-likeness (QED) is 0.776. The predicted octanol–water partition coefficient (Wildman–Crippen LogP) is 2.57. The molecule has 0 saturated heterocycles. The van der Waals surface area contributed by atoms with Crippen molar-refractivity contribution >= 4 is 23.3 Å². The second-order valence-corrected chi connectivity index (χ2v) is 5.80. The van der Waals surface area contributed by atoms with E-state index in [-0.39, 0.29) is 24.1 Å². The van der Waals surface area contributed by atoms with Crippen LogP contribution in [0, 0.1) is 0 Å². The van der Waals surface area contributed by atoms with E-state index in [9.17, 15) is 14.4 Å². The molecular weight excluding hydrogens is 332 g/mol. The summed E-state index contributed by atoms with van der Waals surface area (Å²) < 4.78 is 5.25. The molecule has 1 N–H and O–H groups in total. The Labute approximate surface area is 152 Å². The molecular formula is C20H22N2O4. The molecule has 2 aromatic carbocycles. The van der Waals surface area contributed by atoms with Gasteiger partial charge in [-0.3, -0.25) is 14.4 Å². The van der Waals surface area contributed by atoms with Crippen molar-refractivity contribution in [2.24, 2.45) is 0 Å². The van der Waals surface area contributed by atoms with E-state index in [2.05, 4.69) is 5.32 Å². The molecule has 2 aromatic rings. The first kappa shape index (κ1) is 19.2. The summed E-state index contributed by atoms with van der Waals surface area (Å²) in [6.45, 7) is 3.00. The predicted molar refractivity (Wildman–Crippen MR) is 99.3 cm³/mol. The van der Waals surface area contributed by atoms with Crippen LogP contribution >= 0.6 is 0 Å². The van der Waals surface area contributed by atoms with Crippen molar-refractivity contribution in [1.29, 1.82) is 0 Å². The Hall–Kier alpha value is -3.15. The number of para-hydroxylation sites is 1. The molecule has 0 aliphatic rings. The topological polar surface area (TPSA) is 75.7 Å². The van der Waals surface area contributed by atoms with Crippen LogP contribution in [0.15, 0.2) is 48.5 Å². The zero-order valence-electron chi connectivity index (χ0n) is 15.1. The molecule has 0 radical (unpaired) electrons. The number of nitrogens with one attached hydrogen (secondary N) is 1. The molecule has 0 saturated carbocycles. The molecule has 0 aromatic heterocycles. The first-order chi connectivity index (χ1) is 12.4. The fourth-order valence-corrected chi connectivity index (χ4v) is 2.52. The van der Waals surface area contributed by atoms with Crippen LogP contribution in [-0.2, 0) is 16.1 Å². The van der Waals surface area contributed by atoms with Crippen LogP contribution in [0.25, 0.3) is 0 Å². The maximum absolute atomic E-state index is 12.3. The zero-order valence-corrected chi connectivity index (χ0v) is 15.1. The third-order valence-electron chi connectivity index (χ3n) is 3.91. The fourth-order valence-electron chi connectivity index (χ4n) is 2.52. The van der Waals surface area contributed by atoms with Gasteiger partial charge in [0.2, 0.25) is 11.8 Å². The second-order valence-electron chi connectivity index (χ2n) is 5.80.